The van der Waals surface area contributed by atoms with Gasteiger partial charge in [0.05, 0.1) is 29.7 Å². The second kappa shape index (κ2) is 12.3. The summed E-state index contributed by atoms with van der Waals surface area (Å²) in [5.41, 5.74) is 1.37. The Morgan fingerprint density at radius 1 is 1.00 bits per heavy atom. The first-order chi connectivity index (χ1) is 18.6. The van der Waals surface area contributed by atoms with E-state index in [-0.39, 0.29) is 33.5 Å². The minimum Gasteiger partial charge on any atom is -0.492 e. The minimum atomic E-state index is -4.04. The fraction of sp³-hybridized carbons (Fsp3) is 0.269. The van der Waals surface area contributed by atoms with Gasteiger partial charge in [0, 0.05) is 24.3 Å². The lowest BCUT2D eigenvalue weighted by atomic mass is 10.2. The van der Waals surface area contributed by atoms with Gasteiger partial charge in [-0.3, -0.25) is 9.52 Å². The number of sulfonamides is 2. The third-order valence-electron chi connectivity index (χ3n) is 5.84. The van der Waals surface area contributed by atoms with Crippen LogP contribution in [0.3, 0.4) is 0 Å². The first-order valence-electron chi connectivity index (χ1n) is 12.0. The van der Waals surface area contributed by atoms with Crippen LogP contribution in [0.5, 0.6) is 5.75 Å². The van der Waals surface area contributed by atoms with E-state index < -0.39 is 26.0 Å². The Labute approximate surface area is 233 Å². The summed E-state index contributed by atoms with van der Waals surface area (Å²) in [5, 5.41) is 2.65. The molecule has 1 saturated heterocycles. The Balaban J connectivity index is 1.32. The number of nitrogens with one attached hydrogen (secondary N) is 2. The molecule has 0 saturated carbocycles. The zero-order valence-electron chi connectivity index (χ0n) is 21.1. The number of rotatable bonds is 10. The molecule has 0 aromatic heterocycles. The zero-order chi connectivity index (χ0) is 28.0. The van der Waals surface area contributed by atoms with Crippen LogP contribution in [0.2, 0.25) is 5.02 Å². The standard InChI is InChI=1S/C26H28ClN3O7S2/c1-19-3-2-4-21(17-19)29-38(32,33)25-18-20(5-10-24(25)27)26(31)28-11-14-37-22-6-8-23(9-7-22)39(34,35)30-12-15-36-16-13-30/h2-10,17-18,29H,11-16H2,1H3,(H,28,31). The fourth-order valence-electron chi connectivity index (χ4n) is 3.85. The highest BCUT2D eigenvalue weighted by molar-refractivity contribution is 7.92. The van der Waals surface area contributed by atoms with Gasteiger partial charge >= 0.3 is 0 Å². The molecule has 0 spiro atoms. The quantitative estimate of drug-likeness (QED) is 0.345. The highest BCUT2D eigenvalue weighted by atomic mass is 35.5. The molecule has 208 valence electrons. The van der Waals surface area contributed by atoms with E-state index in [4.69, 9.17) is 21.1 Å². The minimum absolute atomic E-state index is 0.0193. The van der Waals surface area contributed by atoms with E-state index in [0.717, 1.165) is 5.56 Å². The zero-order valence-corrected chi connectivity index (χ0v) is 23.5. The van der Waals surface area contributed by atoms with Crippen LogP contribution in [0.15, 0.2) is 76.5 Å². The third-order valence-corrected chi connectivity index (χ3v) is 9.62. The molecule has 1 amide bonds. The maximum Gasteiger partial charge on any atom is 0.263 e. The van der Waals surface area contributed by atoms with Crippen LogP contribution in [0.4, 0.5) is 5.69 Å². The predicted molar refractivity (Wildman–Crippen MR) is 147 cm³/mol. The number of morpholine rings is 1. The van der Waals surface area contributed by atoms with Gasteiger partial charge in [0.25, 0.3) is 15.9 Å². The molecule has 3 aromatic carbocycles. The Kier molecular flexibility index (Phi) is 9.13. The van der Waals surface area contributed by atoms with E-state index in [1.807, 2.05) is 13.0 Å². The number of amides is 1. The summed E-state index contributed by atoms with van der Waals surface area (Å²) in [7, 11) is -7.64. The Bertz CT molecular complexity index is 1540. The van der Waals surface area contributed by atoms with Gasteiger partial charge in [0.1, 0.15) is 17.3 Å². The number of benzene rings is 3. The molecule has 0 bridgehead atoms. The van der Waals surface area contributed by atoms with Crippen molar-refractivity contribution in [1.29, 1.82) is 0 Å². The summed E-state index contributed by atoms with van der Waals surface area (Å²) in [6.45, 7) is 3.42. The topological polar surface area (TPSA) is 131 Å². The molecule has 0 aliphatic carbocycles. The molecule has 13 heteroatoms. The summed E-state index contributed by atoms with van der Waals surface area (Å²) in [6, 6.07) is 16.9. The molecule has 0 atom stereocenters. The number of anilines is 1. The molecule has 39 heavy (non-hydrogen) atoms. The number of nitrogens with zero attached hydrogens (tertiary/aromatic N) is 1. The van der Waals surface area contributed by atoms with Gasteiger partial charge in [-0.2, -0.15) is 4.31 Å². The van der Waals surface area contributed by atoms with Crippen LogP contribution in [-0.2, 0) is 24.8 Å². The maximum atomic E-state index is 12.9. The first kappa shape index (κ1) is 28.8. The van der Waals surface area contributed by atoms with Gasteiger partial charge in [-0.1, -0.05) is 23.7 Å². The molecule has 0 radical (unpaired) electrons. The molecule has 1 aliphatic rings. The second-order valence-electron chi connectivity index (χ2n) is 8.71. The van der Waals surface area contributed by atoms with E-state index in [2.05, 4.69) is 10.0 Å². The number of aryl methyl sites for hydroxylation is 1. The van der Waals surface area contributed by atoms with Crippen molar-refractivity contribution in [3.05, 3.63) is 82.9 Å². The molecular formula is C26H28ClN3O7S2. The normalized spacial score (nSPS) is 14.5. The van der Waals surface area contributed by atoms with Gasteiger partial charge in [-0.05, 0) is 67.1 Å². The molecule has 0 unspecified atom stereocenters. The molecule has 2 N–H and O–H groups in total. The maximum absolute atomic E-state index is 12.9. The number of hydrogen-bond donors (Lipinski definition) is 2. The lowest BCUT2D eigenvalue weighted by Crippen LogP contribution is -2.40. The first-order valence-corrected chi connectivity index (χ1v) is 15.3. The lowest BCUT2D eigenvalue weighted by molar-refractivity contribution is 0.0730. The summed E-state index contributed by atoms with van der Waals surface area (Å²) in [5.74, 6) is -0.0681. The predicted octanol–water partition coefficient (Wildman–Crippen LogP) is 3.28. The van der Waals surface area contributed by atoms with E-state index in [1.165, 1.54) is 34.6 Å². The molecular weight excluding hydrogens is 566 g/mol. The summed E-state index contributed by atoms with van der Waals surface area (Å²) >= 11 is 6.14. The average molecular weight is 594 g/mol. The van der Waals surface area contributed by atoms with Crippen LogP contribution in [0.25, 0.3) is 0 Å². The van der Waals surface area contributed by atoms with E-state index in [1.54, 1.807) is 30.3 Å². The van der Waals surface area contributed by atoms with Crippen LogP contribution in [0.1, 0.15) is 15.9 Å². The molecule has 4 rings (SSSR count). The van der Waals surface area contributed by atoms with Crippen molar-refractivity contribution in [2.75, 3.05) is 44.2 Å². The summed E-state index contributed by atoms with van der Waals surface area (Å²) in [4.78, 5) is 12.6. The molecule has 1 fully saturated rings. The van der Waals surface area contributed by atoms with Gasteiger partial charge in [0.15, 0.2) is 0 Å². The van der Waals surface area contributed by atoms with Crippen molar-refractivity contribution < 1.29 is 31.1 Å². The summed E-state index contributed by atoms with van der Waals surface area (Å²) in [6.07, 6.45) is 0. The number of halogens is 1. The Morgan fingerprint density at radius 3 is 2.41 bits per heavy atom. The number of carbonyl (C=O) groups is 1. The highest BCUT2D eigenvalue weighted by Gasteiger charge is 2.26. The van der Waals surface area contributed by atoms with Crippen LogP contribution in [-0.4, -0.2) is 66.5 Å². The van der Waals surface area contributed by atoms with E-state index in [0.29, 0.717) is 37.7 Å². The van der Waals surface area contributed by atoms with E-state index >= 15 is 0 Å². The number of carbonyl (C=O) groups excluding carboxylic acids is 1. The van der Waals surface area contributed by atoms with Gasteiger partial charge < -0.3 is 14.8 Å². The van der Waals surface area contributed by atoms with Crippen molar-refractivity contribution in [1.82, 2.24) is 9.62 Å². The van der Waals surface area contributed by atoms with Crippen molar-refractivity contribution in [2.45, 2.75) is 16.7 Å². The molecule has 10 nitrogen and oxygen atoms in total. The van der Waals surface area contributed by atoms with Gasteiger partial charge in [-0.25, -0.2) is 16.8 Å². The molecule has 1 aliphatic heterocycles. The molecule has 3 aromatic rings. The van der Waals surface area contributed by atoms with Crippen molar-refractivity contribution in [2.24, 2.45) is 0 Å². The van der Waals surface area contributed by atoms with Crippen molar-refractivity contribution in [3.63, 3.8) is 0 Å². The van der Waals surface area contributed by atoms with Crippen molar-refractivity contribution in [3.8, 4) is 5.75 Å². The SMILES string of the molecule is Cc1cccc(NS(=O)(=O)c2cc(C(=O)NCCOc3ccc(S(=O)(=O)N4CCOCC4)cc3)ccc2Cl)c1. The average Bonchev–Trinajstić information content (AvgIpc) is 2.91. The Hall–Kier alpha value is -3.16. The second-order valence-corrected chi connectivity index (χ2v) is 12.7. The summed E-state index contributed by atoms with van der Waals surface area (Å²) < 4.78 is 65.9. The van der Waals surface area contributed by atoms with Gasteiger partial charge in [-0.15, -0.1) is 0 Å². The number of hydrogen-bond acceptors (Lipinski definition) is 7. The van der Waals surface area contributed by atoms with E-state index in [9.17, 15) is 21.6 Å². The molecule has 1 heterocycles. The monoisotopic (exact) mass is 593 g/mol. The Morgan fingerprint density at radius 2 is 1.72 bits per heavy atom. The third kappa shape index (κ3) is 7.28. The highest BCUT2D eigenvalue weighted by Crippen LogP contribution is 2.26. The largest absolute Gasteiger partial charge is 0.492 e. The van der Waals surface area contributed by atoms with Crippen LogP contribution >= 0.6 is 11.6 Å². The number of ether oxygens (including phenoxy) is 2. The smallest absolute Gasteiger partial charge is 0.263 e. The van der Waals surface area contributed by atoms with Crippen LogP contribution in [0, 0.1) is 6.92 Å². The van der Waals surface area contributed by atoms with Gasteiger partial charge in [0.2, 0.25) is 10.0 Å². The fourth-order valence-corrected chi connectivity index (χ4v) is 6.83. The van der Waals surface area contributed by atoms with Crippen molar-refractivity contribution >= 4 is 43.2 Å². The van der Waals surface area contributed by atoms with Crippen LogP contribution < -0.4 is 14.8 Å². The lowest BCUT2D eigenvalue weighted by Gasteiger charge is -2.26.